The van der Waals surface area contributed by atoms with E-state index in [1.54, 1.807) is 19.3 Å². The summed E-state index contributed by atoms with van der Waals surface area (Å²) in [6.07, 6.45) is 9.01. The highest BCUT2D eigenvalue weighted by Crippen LogP contribution is 2.32. The number of benzene rings is 1. The van der Waals surface area contributed by atoms with Crippen molar-refractivity contribution < 1.29 is 19.0 Å². The first-order valence-corrected chi connectivity index (χ1v) is 8.75. The second kappa shape index (κ2) is 9.83. The molecule has 0 fully saturated rings. The lowest BCUT2D eigenvalue weighted by molar-refractivity contribution is 0.293. The van der Waals surface area contributed by atoms with Crippen LogP contribution < -0.4 is 10.1 Å². The van der Waals surface area contributed by atoms with Gasteiger partial charge in [0.05, 0.1) is 31.8 Å². The Labute approximate surface area is 159 Å². The molecule has 0 unspecified atom stereocenters. The number of ether oxygens (including phenoxy) is 2. The van der Waals surface area contributed by atoms with Crippen LogP contribution in [0, 0.1) is 5.82 Å². The van der Waals surface area contributed by atoms with E-state index in [4.69, 9.17) is 14.6 Å². The third kappa shape index (κ3) is 5.14. The molecule has 2 rings (SSSR count). The molecule has 2 N–H and O–H groups in total. The van der Waals surface area contributed by atoms with Crippen LogP contribution in [0.4, 0.5) is 4.39 Å². The molecule has 0 aliphatic carbocycles. The van der Waals surface area contributed by atoms with Crippen LogP contribution in [0.5, 0.6) is 5.75 Å². The molecule has 6 heteroatoms. The summed E-state index contributed by atoms with van der Waals surface area (Å²) in [4.78, 5) is 0. The second-order valence-electron chi connectivity index (χ2n) is 6.21. The summed E-state index contributed by atoms with van der Waals surface area (Å²) < 4.78 is 26.5. The van der Waals surface area contributed by atoms with Gasteiger partial charge < -0.3 is 24.5 Å². The van der Waals surface area contributed by atoms with Crippen LogP contribution in [0.15, 0.2) is 54.2 Å². The van der Waals surface area contributed by atoms with Gasteiger partial charge in [-0.3, -0.25) is 0 Å². The van der Waals surface area contributed by atoms with Gasteiger partial charge >= 0.3 is 0 Å². The minimum Gasteiger partial charge on any atom is -0.516 e. The van der Waals surface area contributed by atoms with E-state index in [0.29, 0.717) is 13.1 Å². The summed E-state index contributed by atoms with van der Waals surface area (Å²) >= 11 is 0. The standard InChI is InChI=1S/C21H27FN2O3/c1-15(26-3)12-16(6-5-11-25)13-23-10-9-17-14-24(2)19-8-7-18(22)21(27-4)20(17)19/h5-8,11-12,14,23,25H,9-10,13H2,1-4H3/b11-5+,15-12+,16-6+. The molecule has 146 valence electrons. The van der Waals surface area contributed by atoms with Gasteiger partial charge in [-0.15, -0.1) is 0 Å². The van der Waals surface area contributed by atoms with Gasteiger partial charge in [-0.2, -0.15) is 0 Å². The van der Waals surface area contributed by atoms with Crippen molar-refractivity contribution in [1.29, 1.82) is 0 Å². The summed E-state index contributed by atoms with van der Waals surface area (Å²) in [6, 6.07) is 3.20. The Morgan fingerprint density at radius 2 is 2.11 bits per heavy atom. The van der Waals surface area contributed by atoms with Crippen LogP contribution in [0.3, 0.4) is 0 Å². The van der Waals surface area contributed by atoms with Crippen molar-refractivity contribution in [1.82, 2.24) is 9.88 Å². The topological polar surface area (TPSA) is 55.7 Å². The molecule has 1 aromatic heterocycles. The number of rotatable bonds is 9. The van der Waals surface area contributed by atoms with Gasteiger partial charge in [0, 0.05) is 25.2 Å². The number of nitrogens with zero attached hydrogens (tertiary/aromatic N) is 1. The molecule has 0 saturated heterocycles. The van der Waals surface area contributed by atoms with E-state index in [-0.39, 0.29) is 11.6 Å². The van der Waals surface area contributed by atoms with Crippen molar-refractivity contribution in [3.05, 3.63) is 65.5 Å². The average molecular weight is 374 g/mol. The van der Waals surface area contributed by atoms with E-state index >= 15 is 0 Å². The zero-order valence-corrected chi connectivity index (χ0v) is 16.3. The van der Waals surface area contributed by atoms with Crippen LogP contribution in [0.25, 0.3) is 10.9 Å². The molecule has 0 aliphatic heterocycles. The normalized spacial score (nSPS) is 12.9. The highest BCUT2D eigenvalue weighted by atomic mass is 19.1. The summed E-state index contributed by atoms with van der Waals surface area (Å²) in [5.74, 6) is 0.714. The molecular weight excluding hydrogens is 347 g/mol. The summed E-state index contributed by atoms with van der Waals surface area (Å²) in [5, 5.41) is 13.0. The minimum atomic E-state index is -0.355. The van der Waals surface area contributed by atoms with Gasteiger partial charge in [-0.05, 0) is 55.3 Å². The molecule has 0 aliphatic rings. The average Bonchev–Trinajstić information content (AvgIpc) is 2.98. The van der Waals surface area contributed by atoms with Crippen LogP contribution in [0.1, 0.15) is 12.5 Å². The number of aliphatic hydroxyl groups excluding tert-OH is 1. The number of aryl methyl sites for hydroxylation is 1. The van der Waals surface area contributed by atoms with Crippen LogP contribution in [-0.2, 0) is 18.2 Å². The molecule has 0 atom stereocenters. The fraction of sp³-hybridized carbons (Fsp3) is 0.333. The van der Waals surface area contributed by atoms with Crippen molar-refractivity contribution >= 4 is 10.9 Å². The van der Waals surface area contributed by atoms with Crippen LogP contribution in [0.2, 0.25) is 0 Å². The van der Waals surface area contributed by atoms with Crippen LogP contribution >= 0.6 is 0 Å². The van der Waals surface area contributed by atoms with Crippen molar-refractivity contribution in [2.24, 2.45) is 7.05 Å². The van der Waals surface area contributed by atoms with Gasteiger partial charge in [0.15, 0.2) is 11.6 Å². The first-order chi connectivity index (χ1) is 13.0. The number of hydrogen-bond donors (Lipinski definition) is 2. The van der Waals surface area contributed by atoms with Gasteiger partial charge in [-0.1, -0.05) is 6.08 Å². The molecule has 1 heterocycles. The van der Waals surface area contributed by atoms with Gasteiger partial charge in [0.25, 0.3) is 0 Å². The first kappa shape index (κ1) is 20.6. The maximum Gasteiger partial charge on any atom is 0.165 e. The number of aromatic nitrogens is 1. The monoisotopic (exact) mass is 374 g/mol. The number of nitrogens with one attached hydrogen (secondary N) is 1. The van der Waals surface area contributed by atoms with Crippen molar-refractivity contribution in [2.75, 3.05) is 27.3 Å². The molecule has 0 spiro atoms. The molecule has 2 aromatic rings. The molecule has 27 heavy (non-hydrogen) atoms. The predicted molar refractivity (Wildman–Crippen MR) is 107 cm³/mol. The van der Waals surface area contributed by atoms with Crippen molar-refractivity contribution in [3.63, 3.8) is 0 Å². The quantitative estimate of drug-likeness (QED) is 0.396. The number of aliphatic hydroxyl groups is 1. The van der Waals surface area contributed by atoms with Crippen molar-refractivity contribution in [2.45, 2.75) is 13.3 Å². The molecular formula is C21H27FN2O3. The largest absolute Gasteiger partial charge is 0.516 e. The maximum absolute atomic E-state index is 14.1. The van der Waals surface area contributed by atoms with Crippen LogP contribution in [-0.4, -0.2) is 37.0 Å². The fourth-order valence-corrected chi connectivity index (χ4v) is 3.01. The van der Waals surface area contributed by atoms with E-state index in [0.717, 1.165) is 40.5 Å². The van der Waals surface area contributed by atoms with Gasteiger partial charge in [-0.25, -0.2) is 4.39 Å². The predicted octanol–water partition coefficient (Wildman–Crippen LogP) is 4.01. The lowest BCUT2D eigenvalue weighted by Gasteiger charge is -2.08. The Balaban J connectivity index is 2.10. The summed E-state index contributed by atoms with van der Waals surface area (Å²) in [7, 11) is 5.05. The van der Waals surface area contributed by atoms with E-state index < -0.39 is 0 Å². The zero-order chi connectivity index (χ0) is 19.8. The highest BCUT2D eigenvalue weighted by molar-refractivity contribution is 5.90. The minimum absolute atomic E-state index is 0.287. The number of methoxy groups -OCH3 is 2. The molecule has 0 radical (unpaired) electrons. The zero-order valence-electron chi connectivity index (χ0n) is 16.3. The lowest BCUT2D eigenvalue weighted by Crippen LogP contribution is -2.19. The maximum atomic E-state index is 14.1. The Hall–Kier alpha value is -2.73. The number of allylic oxidation sites excluding steroid dienone is 3. The number of hydrogen-bond acceptors (Lipinski definition) is 4. The Morgan fingerprint density at radius 1 is 1.33 bits per heavy atom. The van der Waals surface area contributed by atoms with Gasteiger partial charge in [0.1, 0.15) is 0 Å². The molecule has 1 aromatic carbocycles. The smallest absolute Gasteiger partial charge is 0.165 e. The van der Waals surface area contributed by atoms with E-state index in [9.17, 15) is 4.39 Å². The number of fused-ring (bicyclic) bond motifs is 1. The molecule has 0 saturated carbocycles. The van der Waals surface area contributed by atoms with Crippen molar-refractivity contribution in [3.8, 4) is 5.75 Å². The SMILES string of the molecule is CO/C(C)=C/C(=C\C=C\O)CNCCc1cn(C)c2ccc(F)c(OC)c12. The Bertz CT molecular complexity index is 866. The highest BCUT2D eigenvalue weighted by Gasteiger charge is 2.15. The second-order valence-corrected chi connectivity index (χ2v) is 6.21. The molecule has 0 bridgehead atoms. The van der Waals surface area contributed by atoms with E-state index in [1.165, 1.54) is 13.2 Å². The lowest BCUT2D eigenvalue weighted by atomic mass is 10.1. The molecule has 5 nitrogen and oxygen atoms in total. The van der Waals surface area contributed by atoms with E-state index in [1.807, 2.05) is 36.9 Å². The summed E-state index contributed by atoms with van der Waals surface area (Å²) in [6.45, 7) is 3.19. The number of halogens is 1. The molecule has 0 amide bonds. The third-order valence-electron chi connectivity index (χ3n) is 4.35. The Morgan fingerprint density at radius 3 is 2.78 bits per heavy atom. The fourth-order valence-electron chi connectivity index (χ4n) is 3.01. The Kier molecular flexibility index (Phi) is 7.49. The van der Waals surface area contributed by atoms with E-state index in [2.05, 4.69) is 5.32 Å². The first-order valence-electron chi connectivity index (χ1n) is 8.75. The van der Waals surface area contributed by atoms with Gasteiger partial charge in [0.2, 0.25) is 0 Å². The summed E-state index contributed by atoms with van der Waals surface area (Å²) in [5.41, 5.74) is 2.94. The third-order valence-corrected chi connectivity index (χ3v) is 4.35.